The number of benzene rings is 1. The van der Waals surface area contributed by atoms with E-state index in [0.29, 0.717) is 12.0 Å². The quantitative estimate of drug-likeness (QED) is 0.846. The maximum atomic E-state index is 13.9. The molecule has 7 heteroatoms. The van der Waals surface area contributed by atoms with Crippen LogP contribution < -0.4 is 15.2 Å². The van der Waals surface area contributed by atoms with Crippen LogP contribution in [0.2, 0.25) is 0 Å². The largest absolute Gasteiger partial charge is 0.485 e. The van der Waals surface area contributed by atoms with Gasteiger partial charge in [-0.05, 0) is 25.0 Å². The summed E-state index contributed by atoms with van der Waals surface area (Å²) in [7, 11) is -3.64. The predicted molar refractivity (Wildman–Crippen MR) is 66.9 cm³/mol. The molecule has 0 radical (unpaired) electrons. The smallest absolute Gasteiger partial charge is 0.240 e. The van der Waals surface area contributed by atoms with Crippen LogP contribution in [0.15, 0.2) is 17.0 Å². The third-order valence-corrected chi connectivity index (χ3v) is 4.80. The molecule has 1 saturated carbocycles. The normalized spacial score (nSPS) is 22.1. The Morgan fingerprint density at radius 2 is 2.16 bits per heavy atom. The minimum atomic E-state index is -3.64. The van der Waals surface area contributed by atoms with Crippen molar-refractivity contribution in [2.75, 3.05) is 6.54 Å². The summed E-state index contributed by atoms with van der Waals surface area (Å²) < 4.78 is 45.8. The lowest BCUT2D eigenvalue weighted by atomic mass is 10.1. The summed E-state index contributed by atoms with van der Waals surface area (Å²) in [5.74, 6) is -0.523. The summed E-state index contributed by atoms with van der Waals surface area (Å²) in [6.45, 7) is 0.274. The first-order valence-electron chi connectivity index (χ1n) is 6.21. The van der Waals surface area contributed by atoms with E-state index in [0.717, 1.165) is 18.9 Å². The molecule has 1 heterocycles. The molecule has 0 amide bonds. The maximum absolute atomic E-state index is 13.9. The zero-order valence-electron chi connectivity index (χ0n) is 10.2. The molecule has 5 nitrogen and oxygen atoms in total. The summed E-state index contributed by atoms with van der Waals surface area (Å²) in [6.07, 6.45) is 1.84. The van der Waals surface area contributed by atoms with Gasteiger partial charge in [0.2, 0.25) is 10.0 Å². The first kappa shape index (κ1) is 12.8. The third-order valence-electron chi connectivity index (χ3n) is 3.30. The molecule has 0 saturated heterocycles. The number of hydrogen-bond acceptors (Lipinski definition) is 4. The molecule has 2 aliphatic rings. The lowest BCUT2D eigenvalue weighted by Crippen LogP contribution is -2.25. The summed E-state index contributed by atoms with van der Waals surface area (Å²) in [5, 5.41) is 0. The summed E-state index contributed by atoms with van der Waals surface area (Å²) in [6, 6.07) is 2.47. The minimum absolute atomic E-state index is 0.00523. The molecule has 1 aromatic carbocycles. The fraction of sp³-hybridized carbons (Fsp3) is 0.500. The van der Waals surface area contributed by atoms with E-state index in [2.05, 4.69) is 4.72 Å². The van der Waals surface area contributed by atoms with Gasteiger partial charge in [0.25, 0.3) is 0 Å². The van der Waals surface area contributed by atoms with E-state index in [9.17, 15) is 12.8 Å². The van der Waals surface area contributed by atoms with Crippen LogP contribution in [0.5, 0.6) is 5.75 Å². The fourth-order valence-corrected chi connectivity index (χ4v) is 3.50. The molecule has 0 aromatic heterocycles. The van der Waals surface area contributed by atoms with Gasteiger partial charge in [-0.1, -0.05) is 0 Å². The number of sulfonamides is 1. The van der Waals surface area contributed by atoms with Crippen LogP contribution in [-0.4, -0.2) is 27.1 Å². The highest BCUT2D eigenvalue weighted by Gasteiger charge is 2.31. The molecule has 3 N–H and O–H groups in total. The molecular weight excluding hydrogens is 271 g/mol. The van der Waals surface area contributed by atoms with Crippen LogP contribution in [0.4, 0.5) is 4.39 Å². The van der Waals surface area contributed by atoms with Crippen molar-refractivity contribution < 1.29 is 17.5 Å². The second-order valence-electron chi connectivity index (χ2n) is 4.97. The van der Waals surface area contributed by atoms with Crippen molar-refractivity contribution >= 4 is 10.0 Å². The Morgan fingerprint density at radius 3 is 2.79 bits per heavy atom. The summed E-state index contributed by atoms with van der Waals surface area (Å²) in [5.41, 5.74) is 6.04. The Bertz CT molecular complexity index is 614. The van der Waals surface area contributed by atoms with Gasteiger partial charge >= 0.3 is 0 Å². The van der Waals surface area contributed by atoms with Gasteiger partial charge in [0, 0.05) is 24.6 Å². The number of ether oxygens (including phenoxy) is 1. The van der Waals surface area contributed by atoms with Gasteiger partial charge in [0.1, 0.15) is 6.10 Å². The van der Waals surface area contributed by atoms with Crippen LogP contribution in [0, 0.1) is 5.82 Å². The molecule has 3 rings (SSSR count). The van der Waals surface area contributed by atoms with Crippen molar-refractivity contribution in [1.82, 2.24) is 4.72 Å². The lowest BCUT2D eigenvalue weighted by Gasteiger charge is -2.08. The average molecular weight is 286 g/mol. The van der Waals surface area contributed by atoms with Gasteiger partial charge in [0.05, 0.1) is 4.90 Å². The standard InChI is InChI=1S/C12H15FN2O3S/c13-11-5-10(19(16,17)15-8-1-2-8)4-7-3-9(6-14)18-12(7)11/h4-5,8-9,15H,1-3,6,14H2. The predicted octanol–water partition coefficient (Wildman–Crippen LogP) is 0.529. The van der Waals surface area contributed by atoms with Gasteiger partial charge < -0.3 is 10.5 Å². The Kier molecular flexibility index (Phi) is 2.99. The van der Waals surface area contributed by atoms with Crippen molar-refractivity contribution in [3.05, 3.63) is 23.5 Å². The maximum Gasteiger partial charge on any atom is 0.240 e. The number of hydrogen-bond donors (Lipinski definition) is 2. The van der Waals surface area contributed by atoms with Gasteiger partial charge in [-0.25, -0.2) is 17.5 Å². The zero-order chi connectivity index (χ0) is 13.6. The number of fused-ring (bicyclic) bond motifs is 1. The average Bonchev–Trinajstić information content (AvgIpc) is 3.04. The Hall–Kier alpha value is -1.18. The molecular formula is C12H15FN2O3S. The van der Waals surface area contributed by atoms with E-state index in [1.807, 2.05) is 0 Å². The molecule has 0 bridgehead atoms. The van der Waals surface area contributed by atoms with Gasteiger partial charge in [0.15, 0.2) is 11.6 Å². The van der Waals surface area contributed by atoms with Crippen LogP contribution >= 0.6 is 0 Å². The highest BCUT2D eigenvalue weighted by atomic mass is 32.2. The van der Waals surface area contributed by atoms with E-state index in [1.165, 1.54) is 6.07 Å². The van der Waals surface area contributed by atoms with E-state index in [1.54, 1.807) is 0 Å². The van der Waals surface area contributed by atoms with Gasteiger partial charge in [-0.15, -0.1) is 0 Å². The molecule has 1 aromatic rings. The summed E-state index contributed by atoms with van der Waals surface area (Å²) in [4.78, 5) is -0.0445. The fourth-order valence-electron chi connectivity index (χ4n) is 2.14. The number of nitrogens with one attached hydrogen (secondary N) is 1. The van der Waals surface area contributed by atoms with Gasteiger partial charge in [-0.2, -0.15) is 0 Å². The monoisotopic (exact) mass is 286 g/mol. The van der Waals surface area contributed by atoms with Crippen molar-refractivity contribution in [3.8, 4) is 5.75 Å². The van der Waals surface area contributed by atoms with E-state index in [4.69, 9.17) is 10.5 Å². The van der Waals surface area contributed by atoms with Crippen molar-refractivity contribution in [2.45, 2.75) is 36.3 Å². The Balaban J connectivity index is 1.94. The van der Waals surface area contributed by atoms with E-state index in [-0.39, 0.29) is 29.3 Å². The number of halogens is 1. The first-order chi connectivity index (χ1) is 8.99. The van der Waals surface area contributed by atoms with E-state index >= 15 is 0 Å². The Morgan fingerprint density at radius 1 is 1.42 bits per heavy atom. The van der Waals surface area contributed by atoms with E-state index < -0.39 is 15.8 Å². The van der Waals surface area contributed by atoms with Crippen LogP contribution in [0.3, 0.4) is 0 Å². The molecule has 1 aliphatic heterocycles. The molecule has 1 atom stereocenters. The first-order valence-corrected chi connectivity index (χ1v) is 7.69. The molecule has 1 aliphatic carbocycles. The third kappa shape index (κ3) is 2.45. The molecule has 1 unspecified atom stereocenters. The van der Waals surface area contributed by atoms with Crippen LogP contribution in [0.25, 0.3) is 0 Å². The highest BCUT2D eigenvalue weighted by Crippen LogP contribution is 2.34. The topological polar surface area (TPSA) is 81.4 Å². The minimum Gasteiger partial charge on any atom is -0.485 e. The zero-order valence-corrected chi connectivity index (χ0v) is 11.0. The lowest BCUT2D eigenvalue weighted by molar-refractivity contribution is 0.232. The Labute approximate surface area is 111 Å². The SMILES string of the molecule is NCC1Cc2cc(S(=O)(=O)NC3CC3)cc(F)c2O1. The van der Waals surface area contributed by atoms with Crippen molar-refractivity contribution in [3.63, 3.8) is 0 Å². The van der Waals surface area contributed by atoms with Crippen LogP contribution in [0.1, 0.15) is 18.4 Å². The number of nitrogens with two attached hydrogens (primary N) is 1. The highest BCUT2D eigenvalue weighted by molar-refractivity contribution is 7.89. The molecule has 104 valence electrons. The van der Waals surface area contributed by atoms with Crippen molar-refractivity contribution in [1.29, 1.82) is 0 Å². The van der Waals surface area contributed by atoms with Crippen LogP contribution in [-0.2, 0) is 16.4 Å². The summed E-state index contributed by atoms with van der Waals surface area (Å²) >= 11 is 0. The molecule has 0 spiro atoms. The van der Waals surface area contributed by atoms with Gasteiger partial charge in [-0.3, -0.25) is 0 Å². The molecule has 19 heavy (non-hydrogen) atoms. The second kappa shape index (κ2) is 4.43. The number of rotatable bonds is 4. The second-order valence-corrected chi connectivity index (χ2v) is 6.68. The van der Waals surface area contributed by atoms with Crippen molar-refractivity contribution in [2.24, 2.45) is 5.73 Å². The molecule has 1 fully saturated rings.